The van der Waals surface area contributed by atoms with Gasteiger partial charge < -0.3 is 28.6 Å². The number of hydrogen-bond acceptors (Lipinski definition) is 7. The Balaban J connectivity index is 1.02. The lowest BCUT2D eigenvalue weighted by molar-refractivity contribution is -0.199. The molecule has 6 atom stereocenters. The third-order valence-corrected chi connectivity index (χ3v) is 11.7. The molecule has 0 N–H and O–H groups in total. The van der Waals surface area contributed by atoms with Gasteiger partial charge in [-0.25, -0.2) is 9.59 Å². The van der Waals surface area contributed by atoms with E-state index in [4.69, 9.17) is 18.8 Å². The average molecular weight is 644 g/mol. The van der Waals surface area contributed by atoms with E-state index in [-0.39, 0.29) is 61.3 Å². The summed E-state index contributed by atoms with van der Waals surface area (Å²) in [6.07, 6.45) is 3.35. The molecule has 3 heterocycles. The van der Waals surface area contributed by atoms with E-state index in [1.807, 2.05) is 65.6 Å². The molecule has 47 heavy (non-hydrogen) atoms. The summed E-state index contributed by atoms with van der Waals surface area (Å²) < 4.78 is 24.6. The maximum Gasteiger partial charge on any atom is 0.481 e. The number of carbonyl (C=O) groups is 3. The van der Waals surface area contributed by atoms with Crippen molar-refractivity contribution < 1.29 is 33.2 Å². The van der Waals surface area contributed by atoms with E-state index in [9.17, 15) is 14.4 Å². The van der Waals surface area contributed by atoms with Gasteiger partial charge in [-0.1, -0.05) is 74.5 Å². The van der Waals surface area contributed by atoms with Crippen LogP contribution < -0.4 is 0 Å². The largest absolute Gasteiger partial charge is 0.481 e. The zero-order valence-corrected chi connectivity index (χ0v) is 27.7. The van der Waals surface area contributed by atoms with Gasteiger partial charge in [-0.05, 0) is 67.4 Å². The first kappa shape index (κ1) is 32.0. The van der Waals surface area contributed by atoms with Gasteiger partial charge in [0.15, 0.2) is 0 Å². The molecule has 6 fully saturated rings. The minimum absolute atomic E-state index is 0.0393. The van der Waals surface area contributed by atoms with Crippen molar-refractivity contribution in [3.63, 3.8) is 0 Å². The van der Waals surface area contributed by atoms with Gasteiger partial charge in [-0.2, -0.15) is 0 Å². The second-order valence-electron chi connectivity index (χ2n) is 14.7. The van der Waals surface area contributed by atoms with E-state index in [0.29, 0.717) is 31.3 Å². The third kappa shape index (κ3) is 6.12. The molecule has 0 aromatic heterocycles. The van der Waals surface area contributed by atoms with E-state index >= 15 is 0 Å². The summed E-state index contributed by atoms with van der Waals surface area (Å²) in [6, 6.07) is 18.6. The Bertz CT molecular complexity index is 1460. The molecule has 3 amide bonds. The summed E-state index contributed by atoms with van der Waals surface area (Å²) >= 11 is 0. The van der Waals surface area contributed by atoms with Crippen LogP contribution in [0.15, 0.2) is 60.7 Å². The number of hydrogen-bond donors (Lipinski definition) is 0. The molecule has 2 aromatic carbocycles. The highest BCUT2D eigenvalue weighted by Gasteiger charge is 2.69. The van der Waals surface area contributed by atoms with Crippen LogP contribution in [0, 0.1) is 17.3 Å². The lowest BCUT2D eigenvalue weighted by Gasteiger charge is -2.64. The maximum atomic E-state index is 14.1. The second kappa shape index (κ2) is 12.8. The van der Waals surface area contributed by atoms with Gasteiger partial charge in [-0.15, -0.1) is 0 Å². The summed E-state index contributed by atoms with van der Waals surface area (Å²) in [5.41, 5.74) is 1.64. The topological polar surface area (TPSA) is 97.9 Å². The van der Waals surface area contributed by atoms with Crippen LogP contribution in [0.25, 0.3) is 0 Å². The second-order valence-corrected chi connectivity index (χ2v) is 14.7. The summed E-state index contributed by atoms with van der Waals surface area (Å²) in [7, 11) is -0.480. The van der Waals surface area contributed by atoms with Gasteiger partial charge in [0.2, 0.25) is 5.91 Å². The fraction of sp³-hybridized carbons (Fsp3) is 0.583. The van der Waals surface area contributed by atoms with Crippen LogP contribution in [0.4, 0.5) is 9.59 Å². The molecule has 0 spiro atoms. The van der Waals surface area contributed by atoms with E-state index < -0.39 is 19.3 Å². The predicted molar refractivity (Wildman–Crippen MR) is 175 cm³/mol. The van der Waals surface area contributed by atoms with Crippen molar-refractivity contribution in [3.05, 3.63) is 71.8 Å². The number of nitrogens with zero attached hydrogens (tertiary/aromatic N) is 3. The van der Waals surface area contributed by atoms with Gasteiger partial charge in [0, 0.05) is 19.6 Å². The van der Waals surface area contributed by atoms with Gasteiger partial charge in [0.1, 0.15) is 19.8 Å². The Morgan fingerprint density at radius 3 is 2.28 bits per heavy atom. The van der Waals surface area contributed by atoms with Crippen molar-refractivity contribution in [3.8, 4) is 0 Å². The third-order valence-electron chi connectivity index (χ3n) is 11.7. The zero-order valence-electron chi connectivity index (χ0n) is 27.7. The molecule has 3 saturated heterocycles. The standard InChI is InChI=1S/C36H46BN3O7/c1-35(2)27-19-29(35)36(3)30(20-27)46-37(47-36)31-15-10-17-39(31)32(41)22-40(34(43)45-24-26-13-8-5-9-14-26)28-16-18-38(21-28)33(42)44-23-25-11-6-4-7-12-25/h4-9,11-14,27-31H,10,15-24H2,1-3H3/t27?,28-,29?,30-,31+,36+/m1/s1. The Labute approximate surface area is 277 Å². The van der Waals surface area contributed by atoms with E-state index in [1.54, 1.807) is 4.90 Å². The van der Waals surface area contributed by atoms with Crippen molar-refractivity contribution in [1.29, 1.82) is 0 Å². The Kier molecular flexibility index (Phi) is 8.72. The number of rotatable bonds is 8. The molecule has 2 unspecified atom stereocenters. The number of likely N-dealkylation sites (tertiary alicyclic amines) is 2. The van der Waals surface area contributed by atoms with Crippen LogP contribution >= 0.6 is 0 Å². The van der Waals surface area contributed by atoms with Crippen LogP contribution in [0.5, 0.6) is 0 Å². The minimum atomic E-state index is -0.573. The average Bonchev–Trinajstić information content (AvgIpc) is 3.84. The van der Waals surface area contributed by atoms with Crippen LogP contribution in [-0.4, -0.2) is 89.8 Å². The van der Waals surface area contributed by atoms with Gasteiger partial charge in [0.25, 0.3) is 0 Å². The first-order valence-electron chi connectivity index (χ1n) is 17.2. The van der Waals surface area contributed by atoms with Crippen molar-refractivity contribution in [1.82, 2.24) is 14.7 Å². The normalized spacial score (nSPS) is 30.4. The quantitative estimate of drug-likeness (QED) is 0.361. The van der Waals surface area contributed by atoms with E-state index in [0.717, 1.165) is 30.4 Å². The summed E-state index contributed by atoms with van der Waals surface area (Å²) in [5.74, 6) is 0.715. The summed E-state index contributed by atoms with van der Waals surface area (Å²) in [4.78, 5) is 45.6. The molecule has 6 aliphatic rings. The Morgan fingerprint density at radius 1 is 0.915 bits per heavy atom. The molecule has 250 valence electrons. The Hall–Kier alpha value is -3.57. The molecule has 3 saturated carbocycles. The van der Waals surface area contributed by atoms with Gasteiger partial charge >= 0.3 is 19.3 Å². The monoisotopic (exact) mass is 643 g/mol. The van der Waals surface area contributed by atoms with Crippen LogP contribution in [0.3, 0.4) is 0 Å². The molecule has 10 nitrogen and oxygen atoms in total. The summed E-state index contributed by atoms with van der Waals surface area (Å²) in [6.45, 7) is 8.26. The highest BCUT2D eigenvalue weighted by molar-refractivity contribution is 6.48. The van der Waals surface area contributed by atoms with Gasteiger partial charge in [0.05, 0.1) is 23.7 Å². The van der Waals surface area contributed by atoms with Crippen LogP contribution in [-0.2, 0) is 36.8 Å². The molecule has 2 aromatic rings. The van der Waals surface area contributed by atoms with Crippen LogP contribution in [0.2, 0.25) is 0 Å². The molecular weight excluding hydrogens is 597 g/mol. The number of ether oxygens (including phenoxy) is 2. The highest BCUT2D eigenvalue weighted by atomic mass is 16.7. The highest BCUT2D eigenvalue weighted by Crippen LogP contribution is 2.66. The van der Waals surface area contributed by atoms with Crippen LogP contribution in [0.1, 0.15) is 64.0 Å². The van der Waals surface area contributed by atoms with Crippen molar-refractivity contribution in [2.24, 2.45) is 17.3 Å². The molecule has 0 radical (unpaired) electrons. The fourth-order valence-corrected chi connectivity index (χ4v) is 8.80. The SMILES string of the molecule is CC1(C)C2CC1[C@]1(C)OB([C@@H]3CCCN3C(=O)CN(C(=O)OCc3ccccc3)[C@@H]3CCN(C(=O)OCc4ccccc4)C3)O[C@@H]1C2. The molecule has 2 bridgehead atoms. The molecular formula is C36H46BN3O7. The van der Waals surface area contributed by atoms with Crippen molar-refractivity contribution in [2.45, 2.75) is 89.8 Å². The first-order valence-corrected chi connectivity index (χ1v) is 17.2. The van der Waals surface area contributed by atoms with Crippen molar-refractivity contribution in [2.75, 3.05) is 26.2 Å². The fourth-order valence-electron chi connectivity index (χ4n) is 8.80. The van der Waals surface area contributed by atoms with Crippen molar-refractivity contribution >= 4 is 25.2 Å². The first-order chi connectivity index (χ1) is 22.6. The summed E-state index contributed by atoms with van der Waals surface area (Å²) in [5, 5.41) is 0. The molecule has 11 heteroatoms. The Morgan fingerprint density at radius 2 is 1.60 bits per heavy atom. The minimum Gasteiger partial charge on any atom is -0.445 e. The lowest BCUT2D eigenvalue weighted by Crippen LogP contribution is -2.65. The van der Waals surface area contributed by atoms with Gasteiger partial charge in [-0.3, -0.25) is 9.69 Å². The molecule has 3 aliphatic heterocycles. The molecule has 3 aliphatic carbocycles. The molecule has 8 rings (SSSR count). The zero-order chi connectivity index (χ0) is 32.8. The smallest absolute Gasteiger partial charge is 0.445 e. The lowest BCUT2D eigenvalue weighted by atomic mass is 9.43. The number of amides is 3. The predicted octanol–water partition coefficient (Wildman–Crippen LogP) is 5.29. The van der Waals surface area contributed by atoms with E-state index in [2.05, 4.69) is 20.8 Å². The number of benzene rings is 2. The van der Waals surface area contributed by atoms with E-state index in [1.165, 1.54) is 11.3 Å². The maximum absolute atomic E-state index is 14.1. The number of carbonyl (C=O) groups excluding carboxylic acids is 3.